The van der Waals surface area contributed by atoms with Crippen molar-refractivity contribution in [3.05, 3.63) is 29.3 Å². The van der Waals surface area contributed by atoms with Gasteiger partial charge in [-0.05, 0) is 50.5 Å². The summed E-state index contributed by atoms with van der Waals surface area (Å²) < 4.78 is 5.53. The Morgan fingerprint density at radius 3 is 2.53 bits per heavy atom. The lowest BCUT2D eigenvalue weighted by atomic mass is 9.94. The molecule has 0 fully saturated rings. The van der Waals surface area contributed by atoms with E-state index in [-0.39, 0.29) is 0 Å². The van der Waals surface area contributed by atoms with Gasteiger partial charge in [-0.25, -0.2) is 0 Å². The standard InChI is InChI=1S/C13H20O2/c1-5-8-15-11-7-6-10(2)12(9-11)13(3,4)14/h6-7,9,14H,5,8H2,1-4H3. The third kappa shape index (κ3) is 3.24. The van der Waals surface area contributed by atoms with Crippen LogP contribution in [0.2, 0.25) is 0 Å². The third-order valence-electron chi connectivity index (χ3n) is 2.34. The highest BCUT2D eigenvalue weighted by Gasteiger charge is 2.18. The van der Waals surface area contributed by atoms with Crippen molar-refractivity contribution in [1.29, 1.82) is 0 Å². The molecule has 0 aliphatic rings. The molecule has 15 heavy (non-hydrogen) atoms. The molecule has 0 radical (unpaired) electrons. The molecule has 0 aliphatic heterocycles. The van der Waals surface area contributed by atoms with E-state index in [9.17, 15) is 5.11 Å². The van der Waals surface area contributed by atoms with Gasteiger partial charge in [0.2, 0.25) is 0 Å². The van der Waals surface area contributed by atoms with Gasteiger partial charge in [-0.1, -0.05) is 13.0 Å². The molecule has 0 bridgehead atoms. The van der Waals surface area contributed by atoms with Gasteiger partial charge in [0.05, 0.1) is 12.2 Å². The van der Waals surface area contributed by atoms with Crippen molar-refractivity contribution in [2.45, 2.75) is 39.7 Å². The van der Waals surface area contributed by atoms with Crippen molar-refractivity contribution in [1.82, 2.24) is 0 Å². The molecule has 1 rings (SSSR count). The van der Waals surface area contributed by atoms with Crippen LogP contribution in [-0.2, 0) is 5.60 Å². The van der Waals surface area contributed by atoms with E-state index in [1.807, 2.05) is 25.1 Å². The topological polar surface area (TPSA) is 29.5 Å². The van der Waals surface area contributed by atoms with Crippen LogP contribution in [0.3, 0.4) is 0 Å². The van der Waals surface area contributed by atoms with Gasteiger partial charge < -0.3 is 9.84 Å². The summed E-state index contributed by atoms with van der Waals surface area (Å²) in [5.74, 6) is 0.833. The Morgan fingerprint density at radius 1 is 1.33 bits per heavy atom. The number of ether oxygens (including phenoxy) is 1. The lowest BCUT2D eigenvalue weighted by Gasteiger charge is -2.21. The first kappa shape index (κ1) is 12.1. The fraction of sp³-hybridized carbons (Fsp3) is 0.538. The SMILES string of the molecule is CCCOc1ccc(C)c(C(C)(C)O)c1. The monoisotopic (exact) mass is 208 g/mol. The number of aryl methyl sites for hydroxylation is 1. The molecule has 0 atom stereocenters. The van der Waals surface area contributed by atoms with Gasteiger partial charge in [0.15, 0.2) is 0 Å². The van der Waals surface area contributed by atoms with Crippen LogP contribution in [-0.4, -0.2) is 11.7 Å². The predicted molar refractivity (Wildman–Crippen MR) is 62.2 cm³/mol. The first-order valence-electron chi connectivity index (χ1n) is 5.41. The largest absolute Gasteiger partial charge is 0.494 e. The van der Waals surface area contributed by atoms with Crippen molar-refractivity contribution in [2.75, 3.05) is 6.61 Å². The van der Waals surface area contributed by atoms with Crippen LogP contribution in [0.15, 0.2) is 18.2 Å². The molecule has 0 unspecified atom stereocenters. The maximum Gasteiger partial charge on any atom is 0.119 e. The molecule has 2 heteroatoms. The number of aliphatic hydroxyl groups is 1. The average Bonchev–Trinajstić information content (AvgIpc) is 2.15. The highest BCUT2D eigenvalue weighted by molar-refractivity contribution is 5.37. The van der Waals surface area contributed by atoms with Gasteiger partial charge in [-0.2, -0.15) is 0 Å². The predicted octanol–water partition coefficient (Wildman–Crippen LogP) is 3.01. The van der Waals surface area contributed by atoms with Crippen LogP contribution < -0.4 is 4.74 Å². The van der Waals surface area contributed by atoms with Gasteiger partial charge in [-0.15, -0.1) is 0 Å². The van der Waals surface area contributed by atoms with E-state index in [4.69, 9.17) is 4.74 Å². The quantitative estimate of drug-likeness (QED) is 0.824. The number of benzene rings is 1. The van der Waals surface area contributed by atoms with Crippen LogP contribution >= 0.6 is 0 Å². The molecule has 0 aliphatic carbocycles. The summed E-state index contributed by atoms with van der Waals surface area (Å²) in [7, 11) is 0. The minimum atomic E-state index is -0.810. The summed E-state index contributed by atoms with van der Waals surface area (Å²) in [4.78, 5) is 0. The minimum absolute atomic E-state index is 0.717. The average molecular weight is 208 g/mol. The zero-order valence-corrected chi connectivity index (χ0v) is 10.0. The van der Waals surface area contributed by atoms with Gasteiger partial charge in [-0.3, -0.25) is 0 Å². The molecule has 1 aromatic carbocycles. The van der Waals surface area contributed by atoms with Gasteiger partial charge >= 0.3 is 0 Å². The summed E-state index contributed by atoms with van der Waals surface area (Å²) in [6.07, 6.45) is 0.992. The van der Waals surface area contributed by atoms with Gasteiger partial charge in [0, 0.05) is 0 Å². The van der Waals surface area contributed by atoms with E-state index in [1.165, 1.54) is 0 Å². The van der Waals surface area contributed by atoms with Crippen LogP contribution in [0.4, 0.5) is 0 Å². The molecular weight excluding hydrogens is 188 g/mol. The molecule has 0 aromatic heterocycles. The highest BCUT2D eigenvalue weighted by Crippen LogP contribution is 2.27. The summed E-state index contributed by atoms with van der Waals surface area (Å²) in [5.41, 5.74) is 1.21. The molecule has 84 valence electrons. The van der Waals surface area contributed by atoms with E-state index in [2.05, 4.69) is 6.92 Å². The fourth-order valence-electron chi connectivity index (χ4n) is 1.57. The summed E-state index contributed by atoms with van der Waals surface area (Å²) in [6.45, 7) is 8.37. The number of rotatable bonds is 4. The molecule has 0 saturated carbocycles. The van der Waals surface area contributed by atoms with Crippen LogP contribution in [0.5, 0.6) is 5.75 Å². The summed E-state index contributed by atoms with van der Waals surface area (Å²) >= 11 is 0. The Kier molecular flexibility index (Phi) is 3.75. The molecular formula is C13H20O2. The second-order valence-electron chi connectivity index (χ2n) is 4.38. The van der Waals surface area contributed by atoms with Crippen molar-refractivity contribution < 1.29 is 9.84 Å². The molecule has 0 saturated heterocycles. The molecule has 0 amide bonds. The molecule has 2 nitrogen and oxygen atoms in total. The van der Waals surface area contributed by atoms with Crippen molar-refractivity contribution in [3.8, 4) is 5.75 Å². The second-order valence-corrected chi connectivity index (χ2v) is 4.38. The lowest BCUT2D eigenvalue weighted by Crippen LogP contribution is -2.17. The first-order chi connectivity index (χ1) is 6.95. The van der Waals surface area contributed by atoms with Crippen LogP contribution in [0, 0.1) is 6.92 Å². The van der Waals surface area contributed by atoms with Crippen molar-refractivity contribution in [3.63, 3.8) is 0 Å². The van der Waals surface area contributed by atoms with Crippen LogP contribution in [0.25, 0.3) is 0 Å². The number of hydrogen-bond acceptors (Lipinski definition) is 2. The smallest absolute Gasteiger partial charge is 0.119 e. The van der Waals surface area contributed by atoms with E-state index in [1.54, 1.807) is 13.8 Å². The van der Waals surface area contributed by atoms with Gasteiger partial charge in [0.1, 0.15) is 5.75 Å². The first-order valence-corrected chi connectivity index (χ1v) is 5.41. The van der Waals surface area contributed by atoms with E-state index < -0.39 is 5.60 Å². The Balaban J connectivity index is 2.95. The number of hydrogen-bond donors (Lipinski definition) is 1. The fourth-order valence-corrected chi connectivity index (χ4v) is 1.57. The Bertz CT molecular complexity index is 324. The maximum absolute atomic E-state index is 9.96. The minimum Gasteiger partial charge on any atom is -0.494 e. The molecule has 1 aromatic rings. The molecule has 0 heterocycles. The normalized spacial score (nSPS) is 11.5. The maximum atomic E-state index is 9.96. The Labute approximate surface area is 91.9 Å². The second kappa shape index (κ2) is 4.67. The van der Waals surface area contributed by atoms with E-state index >= 15 is 0 Å². The van der Waals surface area contributed by atoms with E-state index in [0.29, 0.717) is 6.61 Å². The Hall–Kier alpha value is -1.02. The highest BCUT2D eigenvalue weighted by atomic mass is 16.5. The van der Waals surface area contributed by atoms with Gasteiger partial charge in [0.25, 0.3) is 0 Å². The van der Waals surface area contributed by atoms with Crippen molar-refractivity contribution in [2.24, 2.45) is 0 Å². The van der Waals surface area contributed by atoms with Crippen LogP contribution in [0.1, 0.15) is 38.3 Å². The van der Waals surface area contributed by atoms with E-state index in [0.717, 1.165) is 23.3 Å². The molecule has 0 spiro atoms. The third-order valence-corrected chi connectivity index (χ3v) is 2.34. The zero-order chi connectivity index (χ0) is 11.5. The zero-order valence-electron chi connectivity index (χ0n) is 10.0. The lowest BCUT2D eigenvalue weighted by molar-refractivity contribution is 0.0776. The van der Waals surface area contributed by atoms with Crippen molar-refractivity contribution >= 4 is 0 Å². The summed E-state index contributed by atoms with van der Waals surface area (Å²) in [5, 5.41) is 9.96. The molecule has 1 N–H and O–H groups in total. The summed E-state index contributed by atoms with van der Waals surface area (Å²) in [6, 6.07) is 5.85. The Morgan fingerprint density at radius 2 is 2.00 bits per heavy atom.